The van der Waals surface area contributed by atoms with Gasteiger partial charge in [0.2, 0.25) is 0 Å². The van der Waals surface area contributed by atoms with Gasteiger partial charge in [-0.25, -0.2) is 4.98 Å². The van der Waals surface area contributed by atoms with Gasteiger partial charge in [0.25, 0.3) is 0 Å². The van der Waals surface area contributed by atoms with Gasteiger partial charge in [-0.2, -0.15) is 0 Å². The second-order valence-corrected chi connectivity index (χ2v) is 4.58. The number of hydrogen-bond acceptors (Lipinski definition) is 3. The Morgan fingerprint density at radius 2 is 2.14 bits per heavy atom. The predicted octanol–water partition coefficient (Wildman–Crippen LogP) is 2.12. The van der Waals surface area contributed by atoms with Crippen LogP contribution in [-0.4, -0.2) is 18.6 Å². The zero-order valence-corrected chi connectivity index (χ0v) is 9.55. The zero-order chi connectivity index (χ0) is 10.6. The van der Waals surface area contributed by atoms with E-state index in [-0.39, 0.29) is 5.41 Å². The highest BCUT2D eigenvalue weighted by molar-refractivity contribution is 5.05. The van der Waals surface area contributed by atoms with E-state index in [0.717, 1.165) is 31.0 Å². The molecule has 0 aliphatic heterocycles. The molecule has 14 heavy (non-hydrogen) atoms. The third-order valence-electron chi connectivity index (χ3n) is 2.11. The third kappa shape index (κ3) is 3.14. The van der Waals surface area contributed by atoms with Crippen LogP contribution in [0.2, 0.25) is 0 Å². The maximum atomic E-state index is 5.66. The van der Waals surface area contributed by atoms with Gasteiger partial charge in [0, 0.05) is 11.8 Å². The van der Waals surface area contributed by atoms with Crippen molar-refractivity contribution < 1.29 is 4.42 Å². The van der Waals surface area contributed by atoms with Gasteiger partial charge in [-0.05, 0) is 20.0 Å². The first-order valence-electron chi connectivity index (χ1n) is 5.14. The summed E-state index contributed by atoms with van der Waals surface area (Å²) in [6.07, 6.45) is 3.83. The highest BCUT2D eigenvalue weighted by atomic mass is 16.4. The van der Waals surface area contributed by atoms with Crippen LogP contribution in [0.1, 0.15) is 38.8 Å². The lowest BCUT2D eigenvalue weighted by Gasteiger charge is -2.13. The highest BCUT2D eigenvalue weighted by Crippen LogP contribution is 2.22. The molecule has 0 saturated heterocycles. The first-order valence-corrected chi connectivity index (χ1v) is 5.14. The Hall–Kier alpha value is -0.830. The molecule has 0 spiro atoms. The molecule has 0 atom stereocenters. The van der Waals surface area contributed by atoms with Crippen LogP contribution in [0.15, 0.2) is 10.6 Å². The van der Waals surface area contributed by atoms with Crippen LogP contribution in [-0.2, 0) is 11.8 Å². The van der Waals surface area contributed by atoms with Gasteiger partial charge in [-0.3, -0.25) is 0 Å². The van der Waals surface area contributed by atoms with Crippen molar-refractivity contribution in [1.82, 2.24) is 10.3 Å². The number of nitrogens with one attached hydrogen (secondary N) is 1. The zero-order valence-electron chi connectivity index (χ0n) is 9.55. The molecular formula is C11H20N2O. The molecular weight excluding hydrogens is 176 g/mol. The van der Waals surface area contributed by atoms with Crippen molar-refractivity contribution in [2.24, 2.45) is 0 Å². The van der Waals surface area contributed by atoms with E-state index in [0.29, 0.717) is 0 Å². The van der Waals surface area contributed by atoms with E-state index in [2.05, 4.69) is 31.1 Å². The van der Waals surface area contributed by atoms with E-state index in [4.69, 9.17) is 4.42 Å². The minimum absolute atomic E-state index is 0.0637. The van der Waals surface area contributed by atoms with Crippen molar-refractivity contribution in [3.8, 4) is 0 Å². The van der Waals surface area contributed by atoms with Crippen LogP contribution >= 0.6 is 0 Å². The van der Waals surface area contributed by atoms with Crippen molar-refractivity contribution in [3.05, 3.63) is 17.8 Å². The summed E-state index contributed by atoms with van der Waals surface area (Å²) in [6.45, 7) is 7.40. The Morgan fingerprint density at radius 1 is 1.43 bits per heavy atom. The molecule has 80 valence electrons. The van der Waals surface area contributed by atoms with Gasteiger partial charge >= 0.3 is 0 Å². The normalized spacial score (nSPS) is 12.0. The summed E-state index contributed by atoms with van der Waals surface area (Å²) in [7, 11) is 1.95. The molecule has 0 radical (unpaired) electrons. The Labute approximate surface area is 85.9 Å². The number of nitrogens with zero attached hydrogens (tertiary/aromatic N) is 1. The van der Waals surface area contributed by atoms with Gasteiger partial charge in [0.1, 0.15) is 5.76 Å². The highest BCUT2D eigenvalue weighted by Gasteiger charge is 2.18. The fourth-order valence-electron chi connectivity index (χ4n) is 1.19. The van der Waals surface area contributed by atoms with Crippen LogP contribution in [0.4, 0.5) is 0 Å². The number of rotatable bonds is 4. The molecule has 1 N–H and O–H groups in total. The molecule has 0 bridgehead atoms. The smallest absolute Gasteiger partial charge is 0.194 e. The maximum absolute atomic E-state index is 5.66. The maximum Gasteiger partial charge on any atom is 0.194 e. The van der Waals surface area contributed by atoms with E-state index in [1.165, 1.54) is 0 Å². The Morgan fingerprint density at radius 3 is 2.64 bits per heavy atom. The van der Waals surface area contributed by atoms with Crippen LogP contribution in [0, 0.1) is 0 Å². The van der Waals surface area contributed by atoms with Gasteiger partial charge in [-0.1, -0.05) is 20.8 Å². The van der Waals surface area contributed by atoms with E-state index in [1.54, 1.807) is 0 Å². The van der Waals surface area contributed by atoms with Crippen molar-refractivity contribution in [1.29, 1.82) is 0 Å². The second-order valence-electron chi connectivity index (χ2n) is 4.58. The molecule has 0 aromatic carbocycles. The van der Waals surface area contributed by atoms with E-state index in [9.17, 15) is 0 Å². The monoisotopic (exact) mass is 196 g/mol. The van der Waals surface area contributed by atoms with Gasteiger partial charge < -0.3 is 9.73 Å². The van der Waals surface area contributed by atoms with Crippen LogP contribution in [0.5, 0.6) is 0 Å². The minimum Gasteiger partial charge on any atom is -0.445 e. The molecule has 3 nitrogen and oxygen atoms in total. The van der Waals surface area contributed by atoms with Gasteiger partial charge in [-0.15, -0.1) is 0 Å². The first kappa shape index (κ1) is 11.2. The molecule has 0 saturated carbocycles. The fraction of sp³-hybridized carbons (Fsp3) is 0.727. The van der Waals surface area contributed by atoms with E-state index < -0.39 is 0 Å². The Balaban J connectivity index is 2.51. The average molecular weight is 196 g/mol. The van der Waals surface area contributed by atoms with E-state index >= 15 is 0 Å². The van der Waals surface area contributed by atoms with Gasteiger partial charge in [0.15, 0.2) is 5.89 Å². The third-order valence-corrected chi connectivity index (χ3v) is 2.11. The van der Waals surface area contributed by atoms with Crippen LogP contribution in [0.3, 0.4) is 0 Å². The van der Waals surface area contributed by atoms with Crippen molar-refractivity contribution in [3.63, 3.8) is 0 Å². The number of oxazole rings is 1. The molecule has 0 aliphatic carbocycles. The lowest BCUT2D eigenvalue weighted by atomic mass is 9.94. The Bertz CT molecular complexity index is 273. The Kier molecular flexibility index (Phi) is 3.69. The molecule has 1 heterocycles. The topological polar surface area (TPSA) is 38.1 Å². The molecule has 0 aliphatic rings. The molecule has 1 rings (SSSR count). The summed E-state index contributed by atoms with van der Waals surface area (Å²) in [5.74, 6) is 1.82. The van der Waals surface area contributed by atoms with Crippen molar-refractivity contribution in [2.45, 2.75) is 39.0 Å². The quantitative estimate of drug-likeness (QED) is 0.750. The lowest BCUT2D eigenvalue weighted by molar-refractivity contribution is 0.379. The van der Waals surface area contributed by atoms with Crippen molar-refractivity contribution in [2.75, 3.05) is 13.6 Å². The fourth-order valence-corrected chi connectivity index (χ4v) is 1.19. The molecule has 0 amide bonds. The molecule has 0 unspecified atom stereocenters. The molecule has 3 heteroatoms. The summed E-state index contributed by atoms with van der Waals surface area (Å²) in [5.41, 5.74) is 0.0637. The summed E-state index contributed by atoms with van der Waals surface area (Å²) < 4.78 is 5.66. The molecule has 0 fully saturated rings. The standard InChI is InChI=1S/C11H20N2O/c1-11(2,3)9-8-13-10(14-9)6-5-7-12-4/h8,12H,5-7H2,1-4H3. The number of aromatic nitrogens is 1. The second kappa shape index (κ2) is 4.60. The van der Waals surface area contributed by atoms with Gasteiger partial charge in [0.05, 0.1) is 6.20 Å². The SMILES string of the molecule is CNCCCc1ncc(C(C)(C)C)o1. The lowest BCUT2D eigenvalue weighted by Crippen LogP contribution is -2.09. The van der Waals surface area contributed by atoms with Crippen molar-refractivity contribution >= 4 is 0 Å². The molecule has 1 aromatic heterocycles. The van der Waals surface area contributed by atoms with Crippen LogP contribution < -0.4 is 5.32 Å². The van der Waals surface area contributed by atoms with Crippen LogP contribution in [0.25, 0.3) is 0 Å². The molecule has 1 aromatic rings. The summed E-state index contributed by atoms with van der Waals surface area (Å²) >= 11 is 0. The average Bonchev–Trinajstić information content (AvgIpc) is 2.52. The minimum atomic E-state index is 0.0637. The number of aryl methyl sites for hydroxylation is 1. The summed E-state index contributed by atoms with van der Waals surface area (Å²) in [5, 5.41) is 3.11. The largest absolute Gasteiger partial charge is 0.445 e. The summed E-state index contributed by atoms with van der Waals surface area (Å²) in [6, 6.07) is 0. The number of hydrogen-bond donors (Lipinski definition) is 1. The van der Waals surface area contributed by atoms with E-state index in [1.807, 2.05) is 13.2 Å². The predicted molar refractivity (Wildman–Crippen MR) is 57.5 cm³/mol. The first-order chi connectivity index (χ1) is 6.54. The summed E-state index contributed by atoms with van der Waals surface area (Å²) in [4.78, 5) is 4.26.